The van der Waals surface area contributed by atoms with Crippen molar-refractivity contribution in [2.75, 3.05) is 27.0 Å². The number of nitrogens with one attached hydrogen (secondary N) is 2. The van der Waals surface area contributed by atoms with Crippen molar-refractivity contribution in [2.24, 2.45) is 4.99 Å². The van der Waals surface area contributed by atoms with Crippen molar-refractivity contribution in [3.63, 3.8) is 0 Å². The van der Waals surface area contributed by atoms with Crippen molar-refractivity contribution in [3.05, 3.63) is 47.5 Å². The average molecular weight is 549 g/mol. The van der Waals surface area contributed by atoms with Gasteiger partial charge in [0.05, 0.1) is 13.7 Å². The van der Waals surface area contributed by atoms with Gasteiger partial charge >= 0.3 is 6.61 Å². The molecule has 2 aromatic rings. The molecule has 1 aliphatic heterocycles. The molecule has 0 amide bonds. The molecule has 2 aromatic carbocycles. The first kappa shape index (κ1) is 24.8. The summed E-state index contributed by atoms with van der Waals surface area (Å²) in [5.41, 5.74) is 1.84. The molecule has 0 aromatic heterocycles. The zero-order valence-electron chi connectivity index (χ0n) is 17.3. The summed E-state index contributed by atoms with van der Waals surface area (Å²) in [6, 6.07) is 10.7. The molecule has 0 saturated carbocycles. The molecule has 0 saturated heterocycles. The van der Waals surface area contributed by atoms with Crippen LogP contribution in [0, 0.1) is 0 Å². The molecule has 0 radical (unpaired) electrons. The van der Waals surface area contributed by atoms with Gasteiger partial charge in [0.2, 0.25) is 6.79 Å². The molecule has 0 fully saturated rings. The van der Waals surface area contributed by atoms with Crippen LogP contribution in [0.5, 0.6) is 23.0 Å². The smallest absolute Gasteiger partial charge is 0.387 e. The lowest BCUT2D eigenvalue weighted by Crippen LogP contribution is -2.38. The Labute approximate surface area is 197 Å². The minimum Gasteiger partial charge on any atom is -0.493 e. The van der Waals surface area contributed by atoms with Crippen LogP contribution >= 0.6 is 24.0 Å². The van der Waals surface area contributed by atoms with E-state index in [1.165, 1.54) is 13.2 Å². The number of hydrogen-bond acceptors (Lipinski definition) is 5. The highest BCUT2D eigenvalue weighted by molar-refractivity contribution is 14.0. The van der Waals surface area contributed by atoms with Gasteiger partial charge in [-0.3, -0.25) is 0 Å². The van der Waals surface area contributed by atoms with Crippen LogP contribution in [-0.2, 0) is 13.0 Å². The summed E-state index contributed by atoms with van der Waals surface area (Å²) >= 11 is 0. The number of nitrogens with zero attached hydrogens (tertiary/aromatic N) is 1. The molecule has 0 bridgehead atoms. The molecular formula is C21H26F2IN3O4. The topological polar surface area (TPSA) is 73.3 Å². The summed E-state index contributed by atoms with van der Waals surface area (Å²) in [6.07, 6.45) is 0.774. The minimum absolute atomic E-state index is 0. The number of alkyl halides is 2. The summed E-state index contributed by atoms with van der Waals surface area (Å²) in [4.78, 5) is 4.51. The van der Waals surface area contributed by atoms with Gasteiger partial charge in [-0.15, -0.1) is 24.0 Å². The Morgan fingerprint density at radius 1 is 1.06 bits per heavy atom. The molecule has 170 valence electrons. The third-order valence-electron chi connectivity index (χ3n) is 4.35. The second-order valence-corrected chi connectivity index (χ2v) is 6.42. The van der Waals surface area contributed by atoms with Gasteiger partial charge in [-0.05, 0) is 48.7 Å². The first-order chi connectivity index (χ1) is 14.6. The van der Waals surface area contributed by atoms with E-state index in [2.05, 4.69) is 20.4 Å². The number of aliphatic imine (C=N–C) groups is 1. The molecule has 31 heavy (non-hydrogen) atoms. The molecule has 0 unspecified atom stereocenters. The van der Waals surface area contributed by atoms with Gasteiger partial charge in [0.1, 0.15) is 0 Å². The molecule has 3 rings (SSSR count). The van der Waals surface area contributed by atoms with Crippen LogP contribution in [0.3, 0.4) is 0 Å². The molecular weight excluding hydrogens is 523 g/mol. The normalized spacial score (nSPS) is 12.4. The minimum atomic E-state index is -2.92. The lowest BCUT2D eigenvalue weighted by Gasteiger charge is -2.13. The summed E-state index contributed by atoms with van der Waals surface area (Å²) in [5, 5.41) is 6.44. The van der Waals surface area contributed by atoms with E-state index in [4.69, 9.17) is 14.2 Å². The SMILES string of the molecule is CCNC(=NCc1ccc(OC)c(OC(F)F)c1)NCCc1ccc2c(c1)OCO2.I. The van der Waals surface area contributed by atoms with E-state index in [-0.39, 0.29) is 42.3 Å². The summed E-state index contributed by atoms with van der Waals surface area (Å²) in [5.74, 6) is 2.38. The third-order valence-corrected chi connectivity index (χ3v) is 4.35. The van der Waals surface area contributed by atoms with E-state index < -0.39 is 6.61 Å². The Balaban J connectivity index is 0.00000341. The van der Waals surface area contributed by atoms with Crippen LogP contribution in [-0.4, -0.2) is 39.6 Å². The van der Waals surface area contributed by atoms with Gasteiger partial charge in [-0.2, -0.15) is 8.78 Å². The second-order valence-electron chi connectivity index (χ2n) is 6.42. The van der Waals surface area contributed by atoms with E-state index in [9.17, 15) is 8.78 Å². The van der Waals surface area contributed by atoms with Crippen LogP contribution in [0.15, 0.2) is 41.4 Å². The molecule has 0 spiro atoms. The van der Waals surface area contributed by atoms with E-state index >= 15 is 0 Å². The van der Waals surface area contributed by atoms with Gasteiger partial charge < -0.3 is 29.6 Å². The molecule has 1 aliphatic rings. The number of benzene rings is 2. The van der Waals surface area contributed by atoms with E-state index in [1.807, 2.05) is 25.1 Å². The Hall–Kier alpha value is -2.50. The number of guanidine groups is 1. The summed E-state index contributed by atoms with van der Waals surface area (Å²) < 4.78 is 45.5. The number of rotatable bonds is 9. The number of ether oxygens (including phenoxy) is 4. The number of methoxy groups -OCH3 is 1. The maximum absolute atomic E-state index is 12.6. The van der Waals surface area contributed by atoms with Gasteiger partial charge in [0.25, 0.3) is 0 Å². The molecule has 7 nitrogen and oxygen atoms in total. The second kappa shape index (κ2) is 12.4. The Bertz CT molecular complexity index is 884. The average Bonchev–Trinajstić information content (AvgIpc) is 3.19. The van der Waals surface area contributed by atoms with Crippen LogP contribution in [0.1, 0.15) is 18.1 Å². The van der Waals surface area contributed by atoms with Gasteiger partial charge in [0.15, 0.2) is 29.0 Å². The Morgan fingerprint density at radius 2 is 1.84 bits per heavy atom. The Morgan fingerprint density at radius 3 is 2.58 bits per heavy atom. The zero-order chi connectivity index (χ0) is 21.3. The predicted octanol–water partition coefficient (Wildman–Crippen LogP) is 3.94. The van der Waals surface area contributed by atoms with Gasteiger partial charge in [-0.25, -0.2) is 4.99 Å². The van der Waals surface area contributed by atoms with Crippen molar-refractivity contribution in [1.29, 1.82) is 0 Å². The van der Waals surface area contributed by atoms with E-state index in [1.54, 1.807) is 12.1 Å². The predicted molar refractivity (Wildman–Crippen MR) is 124 cm³/mol. The first-order valence-corrected chi connectivity index (χ1v) is 9.61. The number of hydrogen-bond donors (Lipinski definition) is 2. The molecule has 0 aliphatic carbocycles. The summed E-state index contributed by atoms with van der Waals surface area (Å²) in [6.45, 7) is 0.947. The fraction of sp³-hybridized carbons (Fsp3) is 0.381. The maximum Gasteiger partial charge on any atom is 0.387 e. The number of fused-ring (bicyclic) bond motifs is 1. The largest absolute Gasteiger partial charge is 0.493 e. The molecule has 1 heterocycles. The lowest BCUT2D eigenvalue weighted by molar-refractivity contribution is -0.0512. The van der Waals surface area contributed by atoms with Crippen molar-refractivity contribution >= 4 is 29.9 Å². The number of halogens is 3. The third kappa shape index (κ3) is 7.30. The van der Waals surface area contributed by atoms with Gasteiger partial charge in [-0.1, -0.05) is 12.1 Å². The molecule has 10 heteroatoms. The fourth-order valence-corrected chi connectivity index (χ4v) is 2.94. The highest BCUT2D eigenvalue weighted by Gasteiger charge is 2.13. The zero-order valence-corrected chi connectivity index (χ0v) is 19.7. The standard InChI is InChI=1S/C21H25F2N3O4.HI/c1-3-24-21(25-9-8-14-4-7-17-18(10-14)29-13-28-17)26-12-15-5-6-16(27-2)19(11-15)30-20(22)23;/h4-7,10-11,20H,3,8-9,12-13H2,1-2H3,(H2,24,25,26);1H. The van der Waals surface area contributed by atoms with Crippen molar-refractivity contribution < 1.29 is 27.7 Å². The van der Waals surface area contributed by atoms with E-state index in [0.29, 0.717) is 25.6 Å². The highest BCUT2D eigenvalue weighted by atomic mass is 127. The molecule has 0 atom stereocenters. The van der Waals surface area contributed by atoms with Crippen molar-refractivity contribution in [2.45, 2.75) is 26.5 Å². The maximum atomic E-state index is 12.6. The Kier molecular flexibility index (Phi) is 9.89. The fourth-order valence-electron chi connectivity index (χ4n) is 2.94. The lowest BCUT2D eigenvalue weighted by atomic mass is 10.1. The van der Waals surface area contributed by atoms with Crippen LogP contribution < -0.4 is 29.6 Å². The monoisotopic (exact) mass is 549 g/mol. The summed E-state index contributed by atoms with van der Waals surface area (Å²) in [7, 11) is 1.40. The van der Waals surface area contributed by atoms with Crippen LogP contribution in [0.4, 0.5) is 8.78 Å². The highest BCUT2D eigenvalue weighted by Crippen LogP contribution is 2.32. The molecule has 2 N–H and O–H groups in total. The van der Waals surface area contributed by atoms with Crippen molar-refractivity contribution in [3.8, 4) is 23.0 Å². The van der Waals surface area contributed by atoms with Gasteiger partial charge in [0, 0.05) is 13.1 Å². The van der Waals surface area contributed by atoms with Crippen LogP contribution in [0.2, 0.25) is 0 Å². The van der Waals surface area contributed by atoms with Crippen LogP contribution in [0.25, 0.3) is 0 Å². The van der Waals surface area contributed by atoms with Crippen molar-refractivity contribution in [1.82, 2.24) is 10.6 Å². The first-order valence-electron chi connectivity index (χ1n) is 9.61. The van der Waals surface area contributed by atoms with E-state index in [0.717, 1.165) is 29.0 Å². The quantitative estimate of drug-likeness (QED) is 0.281.